The Morgan fingerprint density at radius 2 is 1.86 bits per heavy atom. The van der Waals surface area contributed by atoms with Gasteiger partial charge in [0.2, 0.25) is 0 Å². The lowest BCUT2D eigenvalue weighted by Gasteiger charge is -2.25. The molecule has 0 aliphatic heterocycles. The zero-order chi connectivity index (χ0) is 15.2. The largest absolute Gasteiger partial charge is 0.350 e. The van der Waals surface area contributed by atoms with Gasteiger partial charge in [0.25, 0.3) is 5.91 Å². The van der Waals surface area contributed by atoms with Crippen molar-refractivity contribution in [3.63, 3.8) is 0 Å². The van der Waals surface area contributed by atoms with Crippen LogP contribution in [0.15, 0.2) is 54.6 Å². The number of halogens is 1. The molecule has 1 N–H and O–H groups in total. The summed E-state index contributed by atoms with van der Waals surface area (Å²) in [6, 6.07) is 17.2. The van der Waals surface area contributed by atoms with E-state index >= 15 is 0 Å². The lowest BCUT2D eigenvalue weighted by molar-refractivity contribution is 0.0942. The molecule has 0 bridgehead atoms. The number of hydrogen-bond acceptors (Lipinski definition) is 2. The number of likely N-dealkylation sites (N-methyl/N-ethyl adjacent to an activating group) is 1. The van der Waals surface area contributed by atoms with E-state index in [1.165, 1.54) is 5.56 Å². The van der Waals surface area contributed by atoms with E-state index in [-0.39, 0.29) is 11.9 Å². The number of nitrogens with one attached hydrogen (secondary N) is 1. The SMILES string of the molecule is CN(C)[C@H](CNC(=O)c1cccc(Cl)c1)c1ccccc1. The summed E-state index contributed by atoms with van der Waals surface area (Å²) < 4.78 is 0. The van der Waals surface area contributed by atoms with Crippen molar-refractivity contribution in [2.45, 2.75) is 6.04 Å². The summed E-state index contributed by atoms with van der Waals surface area (Å²) in [5.41, 5.74) is 1.75. The highest BCUT2D eigenvalue weighted by atomic mass is 35.5. The zero-order valence-electron chi connectivity index (χ0n) is 12.2. The molecule has 21 heavy (non-hydrogen) atoms. The van der Waals surface area contributed by atoms with E-state index in [1.807, 2.05) is 32.3 Å². The van der Waals surface area contributed by atoms with Crippen molar-refractivity contribution in [1.82, 2.24) is 10.2 Å². The monoisotopic (exact) mass is 302 g/mol. The van der Waals surface area contributed by atoms with Crippen molar-refractivity contribution < 1.29 is 4.79 Å². The Balaban J connectivity index is 2.04. The first kappa shape index (κ1) is 15.5. The molecule has 0 spiro atoms. The van der Waals surface area contributed by atoms with Crippen LogP contribution in [-0.2, 0) is 0 Å². The summed E-state index contributed by atoms with van der Waals surface area (Å²) in [4.78, 5) is 14.3. The van der Waals surface area contributed by atoms with E-state index < -0.39 is 0 Å². The lowest BCUT2D eigenvalue weighted by atomic mass is 10.1. The van der Waals surface area contributed by atoms with Crippen molar-refractivity contribution >= 4 is 17.5 Å². The number of carbonyl (C=O) groups excluding carboxylic acids is 1. The standard InChI is InChI=1S/C17H19ClN2O/c1-20(2)16(13-7-4-3-5-8-13)12-19-17(21)14-9-6-10-15(18)11-14/h3-11,16H,12H2,1-2H3,(H,19,21)/t16-/m1/s1. The van der Waals surface area contributed by atoms with Gasteiger partial charge in [-0.25, -0.2) is 0 Å². The Morgan fingerprint density at radius 1 is 1.14 bits per heavy atom. The van der Waals surface area contributed by atoms with Crippen molar-refractivity contribution in [3.05, 3.63) is 70.7 Å². The van der Waals surface area contributed by atoms with Gasteiger partial charge in [-0.2, -0.15) is 0 Å². The van der Waals surface area contributed by atoms with Crippen LogP contribution < -0.4 is 5.32 Å². The van der Waals surface area contributed by atoms with Crippen molar-refractivity contribution in [1.29, 1.82) is 0 Å². The van der Waals surface area contributed by atoms with Gasteiger partial charge in [0.15, 0.2) is 0 Å². The summed E-state index contributed by atoms with van der Waals surface area (Å²) in [7, 11) is 4.01. The third-order valence-corrected chi connectivity index (χ3v) is 3.59. The molecule has 2 aromatic rings. The highest BCUT2D eigenvalue weighted by Crippen LogP contribution is 2.17. The van der Waals surface area contributed by atoms with E-state index in [1.54, 1.807) is 24.3 Å². The van der Waals surface area contributed by atoms with Crippen molar-refractivity contribution in [2.24, 2.45) is 0 Å². The number of benzene rings is 2. The average molecular weight is 303 g/mol. The second-order valence-electron chi connectivity index (χ2n) is 5.11. The van der Waals surface area contributed by atoms with E-state index in [0.717, 1.165) is 0 Å². The van der Waals surface area contributed by atoms with E-state index in [4.69, 9.17) is 11.6 Å². The molecule has 3 nitrogen and oxygen atoms in total. The summed E-state index contributed by atoms with van der Waals surface area (Å²) in [6.45, 7) is 0.544. The van der Waals surface area contributed by atoms with Crippen LogP contribution in [-0.4, -0.2) is 31.4 Å². The fourth-order valence-corrected chi connectivity index (χ4v) is 2.39. The topological polar surface area (TPSA) is 32.3 Å². The van der Waals surface area contributed by atoms with Gasteiger partial charge in [-0.1, -0.05) is 48.0 Å². The summed E-state index contributed by atoms with van der Waals surface area (Å²) in [5, 5.41) is 3.53. The molecule has 0 aliphatic rings. The van der Waals surface area contributed by atoms with Crippen LogP contribution in [0, 0.1) is 0 Å². The van der Waals surface area contributed by atoms with Crippen LogP contribution in [0.4, 0.5) is 0 Å². The maximum absolute atomic E-state index is 12.2. The molecule has 0 heterocycles. The second-order valence-corrected chi connectivity index (χ2v) is 5.55. The van der Waals surface area contributed by atoms with Crippen molar-refractivity contribution in [3.8, 4) is 0 Å². The Kier molecular flexibility index (Phi) is 5.37. The lowest BCUT2D eigenvalue weighted by Crippen LogP contribution is -2.34. The quantitative estimate of drug-likeness (QED) is 0.918. The third kappa shape index (κ3) is 4.31. The minimum atomic E-state index is -0.111. The van der Waals surface area contributed by atoms with Gasteiger partial charge < -0.3 is 10.2 Å². The van der Waals surface area contributed by atoms with Gasteiger partial charge in [-0.05, 0) is 37.9 Å². The van der Waals surface area contributed by atoms with E-state index in [2.05, 4.69) is 22.3 Å². The first-order valence-electron chi connectivity index (χ1n) is 6.83. The number of amides is 1. The number of nitrogens with zero attached hydrogens (tertiary/aromatic N) is 1. The van der Waals surface area contributed by atoms with E-state index in [9.17, 15) is 4.79 Å². The maximum atomic E-state index is 12.2. The first-order valence-corrected chi connectivity index (χ1v) is 7.21. The van der Waals surface area contributed by atoms with Gasteiger partial charge >= 0.3 is 0 Å². The molecule has 0 saturated carbocycles. The number of rotatable bonds is 5. The van der Waals surface area contributed by atoms with Crippen LogP contribution in [0.2, 0.25) is 5.02 Å². The molecule has 1 atom stereocenters. The molecule has 0 unspecified atom stereocenters. The minimum absolute atomic E-state index is 0.111. The van der Waals surface area contributed by atoms with Gasteiger partial charge in [-0.15, -0.1) is 0 Å². The smallest absolute Gasteiger partial charge is 0.251 e. The summed E-state index contributed by atoms with van der Waals surface area (Å²) >= 11 is 5.91. The Morgan fingerprint density at radius 3 is 2.48 bits per heavy atom. The molecule has 0 fully saturated rings. The first-order chi connectivity index (χ1) is 10.1. The maximum Gasteiger partial charge on any atom is 0.251 e. The average Bonchev–Trinajstić information content (AvgIpc) is 2.48. The number of hydrogen-bond donors (Lipinski definition) is 1. The summed E-state index contributed by atoms with van der Waals surface area (Å²) in [5.74, 6) is -0.111. The molecule has 0 aliphatic carbocycles. The predicted molar refractivity (Wildman–Crippen MR) is 86.7 cm³/mol. The van der Waals surface area contributed by atoms with Crippen molar-refractivity contribution in [2.75, 3.05) is 20.6 Å². The van der Waals surface area contributed by atoms with Crippen LogP contribution in [0.1, 0.15) is 22.0 Å². The Bertz CT molecular complexity index is 599. The molecule has 110 valence electrons. The van der Waals surface area contributed by atoms with Crippen LogP contribution in [0.3, 0.4) is 0 Å². The number of carbonyl (C=O) groups is 1. The third-order valence-electron chi connectivity index (χ3n) is 3.35. The Labute approximate surface area is 130 Å². The fourth-order valence-electron chi connectivity index (χ4n) is 2.19. The second kappa shape index (κ2) is 7.25. The van der Waals surface area contributed by atoms with Crippen LogP contribution in [0.5, 0.6) is 0 Å². The molecule has 1 amide bonds. The predicted octanol–water partition coefficient (Wildman–Crippen LogP) is 3.37. The molecule has 0 radical (unpaired) electrons. The molecule has 0 aromatic heterocycles. The highest BCUT2D eigenvalue weighted by Gasteiger charge is 2.15. The zero-order valence-corrected chi connectivity index (χ0v) is 13.0. The molecular formula is C17H19ClN2O. The molecule has 2 rings (SSSR count). The van der Waals surface area contributed by atoms with Crippen LogP contribution in [0.25, 0.3) is 0 Å². The van der Waals surface area contributed by atoms with Gasteiger partial charge in [-0.3, -0.25) is 4.79 Å². The molecule has 0 saturated heterocycles. The van der Waals surface area contributed by atoms with Gasteiger partial charge in [0.05, 0.1) is 6.04 Å². The highest BCUT2D eigenvalue weighted by molar-refractivity contribution is 6.30. The Hall–Kier alpha value is -1.84. The minimum Gasteiger partial charge on any atom is -0.350 e. The molecule has 2 aromatic carbocycles. The van der Waals surface area contributed by atoms with E-state index in [0.29, 0.717) is 17.1 Å². The fraction of sp³-hybridized carbons (Fsp3) is 0.235. The van der Waals surface area contributed by atoms with Gasteiger partial charge in [0.1, 0.15) is 0 Å². The van der Waals surface area contributed by atoms with Crippen LogP contribution >= 0.6 is 11.6 Å². The molecular weight excluding hydrogens is 284 g/mol. The summed E-state index contributed by atoms with van der Waals surface area (Å²) in [6.07, 6.45) is 0. The normalized spacial score (nSPS) is 12.2. The van der Waals surface area contributed by atoms with Gasteiger partial charge in [0, 0.05) is 17.1 Å². The molecule has 4 heteroatoms.